The van der Waals surface area contributed by atoms with E-state index in [1.54, 1.807) is 0 Å². The fourth-order valence-corrected chi connectivity index (χ4v) is 2.04. The number of anilines is 1. The van der Waals surface area contributed by atoms with E-state index in [0.717, 1.165) is 12.1 Å². The van der Waals surface area contributed by atoms with E-state index >= 15 is 0 Å². The number of amides is 1. The van der Waals surface area contributed by atoms with Crippen LogP contribution in [0.3, 0.4) is 0 Å². The summed E-state index contributed by atoms with van der Waals surface area (Å²) < 4.78 is 4.98. The summed E-state index contributed by atoms with van der Waals surface area (Å²) in [7, 11) is 0. The molecular weight excluding hydrogens is 333 g/mol. The van der Waals surface area contributed by atoms with Gasteiger partial charge in [0.2, 0.25) is 0 Å². The van der Waals surface area contributed by atoms with Gasteiger partial charge in [-0.25, -0.2) is 9.59 Å². The number of carboxylic acids is 1. The molecule has 0 saturated carbocycles. The standard InChI is InChI=1S/C14H9Cl2NO5/c15-7-1-4-12(10(16)5-7)22-14(21)17-8-2-3-9(13(19)20)11(18)6-8/h1-6,18H,(H,17,21)(H,19,20). The molecular formula is C14H9Cl2NO5. The zero-order chi connectivity index (χ0) is 16.3. The first-order valence-corrected chi connectivity index (χ1v) is 6.62. The number of carbonyl (C=O) groups is 2. The second-order valence-electron chi connectivity index (χ2n) is 4.13. The van der Waals surface area contributed by atoms with Gasteiger partial charge in [0, 0.05) is 16.8 Å². The molecule has 8 heteroatoms. The molecule has 0 aromatic heterocycles. The normalized spacial score (nSPS) is 10.1. The molecule has 0 atom stereocenters. The van der Waals surface area contributed by atoms with Gasteiger partial charge >= 0.3 is 12.1 Å². The summed E-state index contributed by atoms with van der Waals surface area (Å²) in [6.45, 7) is 0. The monoisotopic (exact) mass is 341 g/mol. The molecule has 0 radical (unpaired) electrons. The van der Waals surface area contributed by atoms with Gasteiger partial charge in [0.25, 0.3) is 0 Å². The third-order valence-corrected chi connectivity index (χ3v) is 3.10. The Hall–Kier alpha value is -2.44. The van der Waals surface area contributed by atoms with E-state index in [0.29, 0.717) is 5.02 Å². The van der Waals surface area contributed by atoms with Gasteiger partial charge in [0.15, 0.2) is 5.75 Å². The average Bonchev–Trinajstić information content (AvgIpc) is 2.41. The number of phenols is 1. The Balaban J connectivity index is 2.09. The van der Waals surface area contributed by atoms with Crippen molar-refractivity contribution in [2.75, 3.05) is 5.32 Å². The van der Waals surface area contributed by atoms with E-state index in [4.69, 9.17) is 33.0 Å². The molecule has 2 aromatic carbocycles. The summed E-state index contributed by atoms with van der Waals surface area (Å²) in [6.07, 6.45) is -0.855. The van der Waals surface area contributed by atoms with Gasteiger partial charge in [0.1, 0.15) is 11.3 Å². The van der Waals surface area contributed by atoms with Gasteiger partial charge in [-0.05, 0) is 30.3 Å². The lowest BCUT2D eigenvalue weighted by Crippen LogP contribution is -2.17. The molecule has 2 aromatic rings. The van der Waals surface area contributed by atoms with Crippen LogP contribution < -0.4 is 10.1 Å². The van der Waals surface area contributed by atoms with Crippen molar-refractivity contribution in [3.05, 3.63) is 52.0 Å². The largest absolute Gasteiger partial charge is 0.507 e. The molecule has 0 bridgehead atoms. The summed E-state index contributed by atoms with van der Waals surface area (Å²) >= 11 is 11.6. The first-order chi connectivity index (χ1) is 10.4. The molecule has 22 heavy (non-hydrogen) atoms. The highest BCUT2D eigenvalue weighted by Gasteiger charge is 2.13. The van der Waals surface area contributed by atoms with Crippen LogP contribution in [-0.4, -0.2) is 22.3 Å². The Kier molecular flexibility index (Phi) is 4.75. The zero-order valence-electron chi connectivity index (χ0n) is 10.8. The lowest BCUT2D eigenvalue weighted by atomic mass is 10.2. The Morgan fingerprint density at radius 2 is 1.82 bits per heavy atom. The second kappa shape index (κ2) is 6.55. The Morgan fingerprint density at radius 3 is 2.41 bits per heavy atom. The molecule has 0 saturated heterocycles. The Labute approximate surface area is 134 Å². The number of aromatic hydroxyl groups is 1. The smallest absolute Gasteiger partial charge is 0.417 e. The van der Waals surface area contributed by atoms with Crippen molar-refractivity contribution >= 4 is 41.0 Å². The van der Waals surface area contributed by atoms with Gasteiger partial charge in [-0.3, -0.25) is 5.32 Å². The van der Waals surface area contributed by atoms with E-state index in [1.807, 2.05) is 0 Å². The van der Waals surface area contributed by atoms with Crippen molar-refractivity contribution in [2.24, 2.45) is 0 Å². The van der Waals surface area contributed by atoms with Crippen LogP contribution >= 0.6 is 23.2 Å². The van der Waals surface area contributed by atoms with Gasteiger partial charge in [0.05, 0.1) is 5.02 Å². The van der Waals surface area contributed by atoms with Crippen molar-refractivity contribution in [1.82, 2.24) is 0 Å². The SMILES string of the molecule is O=C(Nc1ccc(C(=O)O)c(O)c1)Oc1ccc(Cl)cc1Cl. The molecule has 2 rings (SSSR count). The number of hydrogen-bond donors (Lipinski definition) is 3. The van der Waals surface area contributed by atoms with Crippen molar-refractivity contribution in [2.45, 2.75) is 0 Å². The molecule has 0 aliphatic rings. The predicted molar refractivity (Wildman–Crippen MR) is 81.2 cm³/mol. The highest BCUT2D eigenvalue weighted by Crippen LogP contribution is 2.28. The minimum absolute atomic E-state index is 0.106. The summed E-state index contributed by atoms with van der Waals surface area (Å²) in [4.78, 5) is 22.5. The fraction of sp³-hybridized carbons (Fsp3) is 0. The fourth-order valence-electron chi connectivity index (χ4n) is 1.59. The maximum atomic E-state index is 11.7. The maximum absolute atomic E-state index is 11.7. The molecule has 6 nitrogen and oxygen atoms in total. The highest BCUT2D eigenvalue weighted by molar-refractivity contribution is 6.35. The maximum Gasteiger partial charge on any atom is 0.417 e. The number of rotatable bonds is 3. The van der Waals surface area contributed by atoms with Crippen LogP contribution in [0.15, 0.2) is 36.4 Å². The van der Waals surface area contributed by atoms with Crippen molar-refractivity contribution in [3.8, 4) is 11.5 Å². The molecule has 1 amide bonds. The van der Waals surface area contributed by atoms with Gasteiger partial charge < -0.3 is 14.9 Å². The zero-order valence-corrected chi connectivity index (χ0v) is 12.4. The lowest BCUT2D eigenvalue weighted by Gasteiger charge is -2.09. The van der Waals surface area contributed by atoms with Crippen LogP contribution in [0.25, 0.3) is 0 Å². The predicted octanol–water partition coefficient (Wildman–Crippen LogP) is 4.01. The Bertz CT molecular complexity index is 748. The average molecular weight is 342 g/mol. The van der Waals surface area contributed by atoms with Crippen molar-refractivity contribution in [3.63, 3.8) is 0 Å². The quantitative estimate of drug-likeness (QED) is 0.783. The van der Waals surface area contributed by atoms with E-state index < -0.39 is 17.8 Å². The topological polar surface area (TPSA) is 95.9 Å². The van der Waals surface area contributed by atoms with Crippen LogP contribution in [0.4, 0.5) is 10.5 Å². The number of halogens is 2. The minimum atomic E-state index is -1.28. The summed E-state index contributed by atoms with van der Waals surface area (Å²) in [6, 6.07) is 7.91. The minimum Gasteiger partial charge on any atom is -0.507 e. The molecule has 0 spiro atoms. The van der Waals surface area contributed by atoms with E-state index in [1.165, 1.54) is 24.3 Å². The van der Waals surface area contributed by atoms with E-state index in [9.17, 15) is 14.7 Å². The summed E-state index contributed by atoms with van der Waals surface area (Å²) in [5.74, 6) is -1.65. The molecule has 3 N–H and O–H groups in total. The lowest BCUT2D eigenvalue weighted by molar-refractivity contribution is 0.0693. The van der Waals surface area contributed by atoms with E-state index in [-0.39, 0.29) is 22.0 Å². The van der Waals surface area contributed by atoms with Crippen LogP contribution in [-0.2, 0) is 0 Å². The van der Waals surface area contributed by atoms with Gasteiger partial charge in [-0.15, -0.1) is 0 Å². The number of nitrogens with one attached hydrogen (secondary N) is 1. The third-order valence-electron chi connectivity index (χ3n) is 2.57. The number of ether oxygens (including phenoxy) is 1. The number of carboxylic acid groups (broad SMARTS) is 1. The molecule has 0 fully saturated rings. The van der Waals surface area contributed by atoms with Crippen LogP contribution in [0.5, 0.6) is 11.5 Å². The van der Waals surface area contributed by atoms with Crippen LogP contribution in [0.2, 0.25) is 10.0 Å². The number of benzene rings is 2. The van der Waals surface area contributed by atoms with Gasteiger partial charge in [-0.2, -0.15) is 0 Å². The molecule has 114 valence electrons. The van der Waals surface area contributed by atoms with E-state index in [2.05, 4.69) is 5.32 Å². The number of carbonyl (C=O) groups excluding carboxylic acids is 1. The van der Waals surface area contributed by atoms with Gasteiger partial charge in [-0.1, -0.05) is 23.2 Å². The third kappa shape index (κ3) is 3.81. The van der Waals surface area contributed by atoms with Crippen molar-refractivity contribution in [1.29, 1.82) is 0 Å². The van der Waals surface area contributed by atoms with Crippen LogP contribution in [0, 0.1) is 0 Å². The summed E-state index contributed by atoms with van der Waals surface area (Å²) in [5.41, 5.74) is -0.114. The molecule has 0 unspecified atom stereocenters. The molecule has 0 heterocycles. The first kappa shape index (κ1) is 15.9. The molecule has 0 aliphatic heterocycles. The highest BCUT2D eigenvalue weighted by atomic mass is 35.5. The number of hydrogen-bond acceptors (Lipinski definition) is 4. The van der Waals surface area contributed by atoms with Crippen molar-refractivity contribution < 1.29 is 24.5 Å². The Morgan fingerprint density at radius 1 is 1.09 bits per heavy atom. The summed E-state index contributed by atoms with van der Waals surface area (Å²) in [5, 5.41) is 21.2. The number of aromatic carboxylic acids is 1. The second-order valence-corrected chi connectivity index (χ2v) is 4.97. The first-order valence-electron chi connectivity index (χ1n) is 5.87. The molecule has 0 aliphatic carbocycles. The van der Waals surface area contributed by atoms with Crippen LogP contribution in [0.1, 0.15) is 10.4 Å².